The Morgan fingerprint density at radius 3 is 2.76 bits per heavy atom. The summed E-state index contributed by atoms with van der Waals surface area (Å²) in [5.74, 6) is 3.60. The lowest BCUT2D eigenvalue weighted by Gasteiger charge is -2.36. The van der Waals surface area contributed by atoms with Crippen molar-refractivity contribution in [2.75, 3.05) is 46.1 Å². The van der Waals surface area contributed by atoms with E-state index in [1.54, 1.807) is 0 Å². The molecular weight excluding hydrogens is 533 g/mol. The van der Waals surface area contributed by atoms with E-state index in [0.717, 1.165) is 74.6 Å². The van der Waals surface area contributed by atoms with Crippen LogP contribution >= 0.6 is 24.0 Å². The van der Waals surface area contributed by atoms with Gasteiger partial charge in [-0.3, -0.25) is 14.3 Å². The molecule has 1 fully saturated rings. The first-order valence-corrected chi connectivity index (χ1v) is 11.2. The Hall–Kier alpha value is -2.60. The Balaban J connectivity index is 0.00000259. The number of piperazine rings is 1. The molecule has 0 atom stereocenters. The van der Waals surface area contributed by atoms with Crippen molar-refractivity contribution in [2.24, 2.45) is 4.99 Å². The van der Waals surface area contributed by atoms with Gasteiger partial charge >= 0.3 is 0 Å². The Kier molecular flexibility index (Phi) is 7.86. The van der Waals surface area contributed by atoms with Crippen molar-refractivity contribution in [3.8, 4) is 11.5 Å². The second-order valence-electron chi connectivity index (χ2n) is 7.98. The zero-order valence-corrected chi connectivity index (χ0v) is 21.1. The number of nitrogens with one attached hydrogen (secondary N) is 1. The Morgan fingerprint density at radius 1 is 1.06 bits per heavy atom. The highest BCUT2D eigenvalue weighted by molar-refractivity contribution is 14.0. The first kappa shape index (κ1) is 23.6. The van der Waals surface area contributed by atoms with Crippen molar-refractivity contribution in [1.29, 1.82) is 0 Å². The topological polar surface area (TPSA) is 79.5 Å². The first-order valence-electron chi connectivity index (χ1n) is 11.2. The van der Waals surface area contributed by atoms with Crippen molar-refractivity contribution < 1.29 is 9.47 Å². The van der Waals surface area contributed by atoms with Gasteiger partial charge in [0.15, 0.2) is 23.1 Å². The fraction of sp³-hybridized carbons (Fsp3) is 0.435. The molecule has 0 bridgehead atoms. The number of hydrogen-bond acceptors (Lipinski definition) is 6. The average Bonchev–Trinajstić information content (AvgIpc) is 3.46. The smallest absolute Gasteiger partial charge is 0.231 e. The second kappa shape index (κ2) is 11.0. The van der Waals surface area contributed by atoms with E-state index >= 15 is 0 Å². The number of nitrogens with zero attached hydrogens (tertiary/aromatic N) is 6. The Labute approximate surface area is 210 Å². The van der Waals surface area contributed by atoms with Crippen LogP contribution in [-0.2, 0) is 13.0 Å². The number of guanidine groups is 1. The van der Waals surface area contributed by atoms with Crippen LogP contribution in [0.3, 0.4) is 0 Å². The molecule has 0 aliphatic carbocycles. The lowest BCUT2D eigenvalue weighted by molar-refractivity contribution is 0.171. The van der Waals surface area contributed by atoms with Crippen LogP contribution in [0, 0.1) is 0 Å². The molecule has 0 unspecified atom stereocenters. The number of fused-ring (bicyclic) bond motifs is 2. The lowest BCUT2D eigenvalue weighted by Crippen LogP contribution is -2.52. The molecule has 0 saturated carbocycles. The van der Waals surface area contributed by atoms with Crippen LogP contribution in [0.1, 0.15) is 18.3 Å². The van der Waals surface area contributed by atoms with Crippen LogP contribution in [0.15, 0.2) is 47.6 Å². The molecule has 9 nitrogen and oxygen atoms in total. The largest absolute Gasteiger partial charge is 0.454 e. The Bertz CT molecular complexity index is 1100. The summed E-state index contributed by atoms with van der Waals surface area (Å²) in [4.78, 5) is 9.69. The van der Waals surface area contributed by atoms with Crippen molar-refractivity contribution >= 4 is 35.6 Å². The normalized spacial score (nSPS) is 16.2. The number of pyridine rings is 1. The van der Waals surface area contributed by atoms with E-state index in [2.05, 4.69) is 44.4 Å². The summed E-state index contributed by atoms with van der Waals surface area (Å²) in [6, 6.07) is 12.2. The third kappa shape index (κ3) is 5.49. The predicted octanol–water partition coefficient (Wildman–Crippen LogP) is 2.40. The van der Waals surface area contributed by atoms with Crippen molar-refractivity contribution in [1.82, 2.24) is 29.7 Å². The van der Waals surface area contributed by atoms with Gasteiger partial charge in [0.1, 0.15) is 5.82 Å². The highest BCUT2D eigenvalue weighted by Gasteiger charge is 2.21. The minimum atomic E-state index is 0. The summed E-state index contributed by atoms with van der Waals surface area (Å²) < 4.78 is 12.9. The van der Waals surface area contributed by atoms with Gasteiger partial charge < -0.3 is 19.7 Å². The van der Waals surface area contributed by atoms with E-state index in [4.69, 9.17) is 14.5 Å². The molecule has 0 amide bonds. The summed E-state index contributed by atoms with van der Waals surface area (Å²) in [6.45, 7) is 8.75. The molecule has 1 saturated heterocycles. The first-order chi connectivity index (χ1) is 15.8. The minimum Gasteiger partial charge on any atom is -0.454 e. The maximum atomic E-state index is 5.51. The molecule has 1 N–H and O–H groups in total. The molecule has 5 rings (SSSR count). The average molecular weight is 563 g/mol. The fourth-order valence-electron chi connectivity index (χ4n) is 4.16. The third-order valence-corrected chi connectivity index (χ3v) is 5.83. The van der Waals surface area contributed by atoms with E-state index in [0.29, 0.717) is 13.3 Å². The molecule has 176 valence electrons. The highest BCUT2D eigenvalue weighted by atomic mass is 127. The van der Waals surface area contributed by atoms with Gasteiger partial charge in [-0.25, -0.2) is 0 Å². The van der Waals surface area contributed by atoms with Gasteiger partial charge in [0.05, 0.1) is 0 Å². The number of halogens is 1. The highest BCUT2D eigenvalue weighted by Crippen LogP contribution is 2.32. The molecular formula is C23H30IN7O2. The molecule has 1 aromatic carbocycles. The number of benzene rings is 1. The van der Waals surface area contributed by atoms with Crippen LogP contribution in [0.25, 0.3) is 5.65 Å². The van der Waals surface area contributed by atoms with E-state index in [1.165, 1.54) is 5.56 Å². The lowest BCUT2D eigenvalue weighted by atomic mass is 10.1. The molecule has 0 spiro atoms. The predicted molar refractivity (Wildman–Crippen MR) is 137 cm³/mol. The summed E-state index contributed by atoms with van der Waals surface area (Å²) in [5, 5.41) is 12.0. The van der Waals surface area contributed by atoms with Gasteiger partial charge in [-0.05, 0) is 36.8 Å². The van der Waals surface area contributed by atoms with Gasteiger partial charge in [-0.2, -0.15) is 0 Å². The molecule has 33 heavy (non-hydrogen) atoms. The van der Waals surface area contributed by atoms with Gasteiger partial charge in [-0.1, -0.05) is 12.1 Å². The van der Waals surface area contributed by atoms with E-state index in [9.17, 15) is 0 Å². The van der Waals surface area contributed by atoms with Crippen LogP contribution < -0.4 is 14.8 Å². The molecule has 2 aliphatic rings. The summed E-state index contributed by atoms with van der Waals surface area (Å²) in [6.07, 6.45) is 2.75. The zero-order valence-electron chi connectivity index (χ0n) is 18.8. The van der Waals surface area contributed by atoms with E-state index in [-0.39, 0.29) is 24.0 Å². The fourth-order valence-corrected chi connectivity index (χ4v) is 4.16. The molecule has 2 aliphatic heterocycles. The van der Waals surface area contributed by atoms with Crippen LogP contribution in [0.4, 0.5) is 0 Å². The van der Waals surface area contributed by atoms with Gasteiger partial charge in [0, 0.05) is 58.4 Å². The molecule has 2 aromatic heterocycles. The number of rotatable bonds is 6. The Morgan fingerprint density at radius 2 is 1.91 bits per heavy atom. The molecule has 4 heterocycles. The van der Waals surface area contributed by atoms with Crippen LogP contribution in [-0.4, -0.2) is 76.4 Å². The van der Waals surface area contributed by atoms with Gasteiger partial charge in [-0.15, -0.1) is 34.2 Å². The number of aromatic nitrogens is 3. The minimum absolute atomic E-state index is 0. The standard InChI is InChI=1S/C23H29N7O2.HI/c1-2-24-23(25-9-8-22-27-26-21-5-3-4-10-30(21)22)29-13-11-28(12-14-29)16-18-6-7-19-20(15-18)32-17-31-19;/h3-7,10,15H,2,8-9,11-14,16-17H2,1H3,(H,24,25);1H. The van der Waals surface area contributed by atoms with Crippen molar-refractivity contribution in [3.63, 3.8) is 0 Å². The zero-order chi connectivity index (χ0) is 21.8. The summed E-state index contributed by atoms with van der Waals surface area (Å²) in [5.41, 5.74) is 2.13. The number of hydrogen-bond donors (Lipinski definition) is 1. The second-order valence-corrected chi connectivity index (χ2v) is 7.98. The SMILES string of the molecule is CCNC(=NCCc1nnc2ccccn12)N1CCN(Cc2ccc3c(c2)OCO3)CC1.I. The van der Waals surface area contributed by atoms with Gasteiger partial charge in [0.25, 0.3) is 0 Å². The number of ether oxygens (including phenoxy) is 2. The van der Waals surface area contributed by atoms with Crippen LogP contribution in [0.2, 0.25) is 0 Å². The van der Waals surface area contributed by atoms with Crippen molar-refractivity contribution in [3.05, 3.63) is 54.0 Å². The summed E-state index contributed by atoms with van der Waals surface area (Å²) in [7, 11) is 0. The number of aliphatic imine (C=N–C) groups is 1. The van der Waals surface area contributed by atoms with Crippen LogP contribution in [0.5, 0.6) is 11.5 Å². The maximum absolute atomic E-state index is 5.51. The molecule has 0 radical (unpaired) electrons. The van der Waals surface area contributed by atoms with Crippen molar-refractivity contribution in [2.45, 2.75) is 19.9 Å². The van der Waals surface area contributed by atoms with E-state index < -0.39 is 0 Å². The maximum Gasteiger partial charge on any atom is 0.231 e. The molecule has 10 heteroatoms. The third-order valence-electron chi connectivity index (χ3n) is 5.83. The monoisotopic (exact) mass is 563 g/mol. The van der Waals surface area contributed by atoms with Gasteiger partial charge in [0.2, 0.25) is 6.79 Å². The quantitative estimate of drug-likeness (QED) is 0.281. The molecule has 3 aromatic rings. The van der Waals surface area contributed by atoms with E-state index in [1.807, 2.05) is 34.9 Å². The summed E-state index contributed by atoms with van der Waals surface area (Å²) >= 11 is 0.